The van der Waals surface area contributed by atoms with Gasteiger partial charge in [0.05, 0.1) is 22.9 Å². The molecule has 0 saturated carbocycles. The van der Waals surface area contributed by atoms with Gasteiger partial charge in [-0.1, -0.05) is 30.3 Å². The van der Waals surface area contributed by atoms with Crippen LogP contribution in [-0.4, -0.2) is 18.1 Å². The number of ether oxygens (including phenoxy) is 2. The monoisotopic (exact) mass is 429 g/mol. The normalized spacial score (nSPS) is 11.2. The van der Waals surface area contributed by atoms with E-state index in [4.69, 9.17) is 14.5 Å². The predicted octanol–water partition coefficient (Wildman–Crippen LogP) is 6.45. The number of carbonyl (C=O) groups excluding carboxylic acids is 1. The number of carbonyl (C=O) groups is 1. The Morgan fingerprint density at radius 1 is 1.00 bits per heavy atom. The number of thiazole rings is 1. The largest absolute Gasteiger partial charge is 0.488 e. The molecule has 3 aromatic carbocycles. The van der Waals surface area contributed by atoms with E-state index in [-0.39, 0.29) is 5.97 Å². The molecule has 31 heavy (non-hydrogen) atoms. The second-order valence-electron chi connectivity index (χ2n) is 7.30. The molecule has 0 amide bonds. The topological polar surface area (TPSA) is 48.4 Å². The molecule has 0 bridgehead atoms. The molecule has 0 aliphatic rings. The van der Waals surface area contributed by atoms with Crippen LogP contribution in [0.2, 0.25) is 0 Å². The van der Waals surface area contributed by atoms with Gasteiger partial charge in [0.1, 0.15) is 17.4 Å². The zero-order valence-electron chi connectivity index (χ0n) is 17.7. The number of benzene rings is 3. The molecule has 0 saturated heterocycles. The van der Waals surface area contributed by atoms with Gasteiger partial charge < -0.3 is 9.47 Å². The van der Waals surface area contributed by atoms with E-state index in [0.717, 1.165) is 27.4 Å². The molecule has 1 aromatic heterocycles. The van der Waals surface area contributed by atoms with Crippen LogP contribution in [0.4, 0.5) is 0 Å². The quantitative estimate of drug-likeness (QED) is 0.331. The summed E-state index contributed by atoms with van der Waals surface area (Å²) in [6, 6.07) is 19.5. The average molecular weight is 430 g/mol. The molecule has 0 atom stereocenters. The Balaban J connectivity index is 1.49. The summed E-state index contributed by atoms with van der Waals surface area (Å²) in [6.45, 7) is 4.65. The summed E-state index contributed by atoms with van der Waals surface area (Å²) < 4.78 is 12.0. The van der Waals surface area contributed by atoms with Crippen LogP contribution in [0.15, 0.2) is 60.7 Å². The Morgan fingerprint density at radius 2 is 1.74 bits per heavy atom. The Hall–Kier alpha value is -3.44. The summed E-state index contributed by atoms with van der Waals surface area (Å²) in [5, 5.41) is 0.966. The molecule has 0 fully saturated rings. The number of rotatable bonds is 6. The number of hydrogen-bond acceptors (Lipinski definition) is 5. The molecular weight excluding hydrogens is 406 g/mol. The number of esters is 1. The third-order valence-corrected chi connectivity index (χ3v) is 6.10. The maximum Gasteiger partial charge on any atom is 0.337 e. The van der Waals surface area contributed by atoms with Crippen LogP contribution >= 0.6 is 11.3 Å². The van der Waals surface area contributed by atoms with E-state index < -0.39 is 0 Å². The molecule has 0 aliphatic heterocycles. The second kappa shape index (κ2) is 9.14. The number of nitrogens with zero attached hydrogens (tertiary/aromatic N) is 1. The van der Waals surface area contributed by atoms with E-state index >= 15 is 0 Å². The zero-order valence-corrected chi connectivity index (χ0v) is 18.5. The first kappa shape index (κ1) is 20.8. The first-order chi connectivity index (χ1) is 15.0. The van der Waals surface area contributed by atoms with Crippen molar-refractivity contribution in [3.8, 4) is 5.75 Å². The van der Waals surface area contributed by atoms with Gasteiger partial charge in [0.25, 0.3) is 0 Å². The van der Waals surface area contributed by atoms with Crippen molar-refractivity contribution in [2.75, 3.05) is 7.11 Å². The van der Waals surface area contributed by atoms with E-state index in [2.05, 4.69) is 26.0 Å². The lowest BCUT2D eigenvalue weighted by Crippen LogP contribution is -2.02. The number of para-hydroxylation sites is 1. The van der Waals surface area contributed by atoms with Gasteiger partial charge in [-0.05, 0) is 73.0 Å². The van der Waals surface area contributed by atoms with Gasteiger partial charge in [-0.25, -0.2) is 9.78 Å². The number of hydrogen-bond donors (Lipinski definition) is 0. The summed E-state index contributed by atoms with van der Waals surface area (Å²) in [5.41, 5.74) is 6.06. The second-order valence-corrected chi connectivity index (χ2v) is 8.37. The van der Waals surface area contributed by atoms with Gasteiger partial charge >= 0.3 is 5.97 Å². The lowest BCUT2D eigenvalue weighted by Gasteiger charge is -2.09. The van der Waals surface area contributed by atoms with Crippen molar-refractivity contribution in [3.05, 3.63) is 93.5 Å². The Morgan fingerprint density at radius 3 is 2.52 bits per heavy atom. The van der Waals surface area contributed by atoms with Crippen LogP contribution in [0.1, 0.15) is 37.6 Å². The first-order valence-electron chi connectivity index (χ1n) is 9.98. The summed E-state index contributed by atoms with van der Waals surface area (Å²) in [7, 11) is 1.38. The van der Waals surface area contributed by atoms with E-state index in [1.165, 1.54) is 22.9 Å². The minimum atomic E-state index is -0.344. The molecule has 0 radical (unpaired) electrons. The standard InChI is InChI=1S/C26H23NO3S/c1-17-14-22-24(15-18(17)2)31-25(27-22)13-12-20-6-4-5-7-23(20)30-16-19-8-10-21(11-9-19)26(28)29-3/h4-15H,16H2,1-3H3. The Bertz CT molecular complexity index is 1220. The highest BCUT2D eigenvalue weighted by Crippen LogP contribution is 2.28. The molecule has 0 unspecified atom stereocenters. The maximum atomic E-state index is 11.6. The van der Waals surface area contributed by atoms with Crippen LogP contribution in [0.25, 0.3) is 22.4 Å². The highest BCUT2D eigenvalue weighted by Gasteiger charge is 2.07. The molecule has 156 valence electrons. The van der Waals surface area contributed by atoms with Gasteiger partial charge in [-0.3, -0.25) is 0 Å². The lowest BCUT2D eigenvalue weighted by atomic mass is 10.1. The molecule has 4 rings (SSSR count). The van der Waals surface area contributed by atoms with Crippen molar-refractivity contribution in [1.82, 2.24) is 4.98 Å². The number of aryl methyl sites for hydroxylation is 2. The molecule has 4 nitrogen and oxygen atoms in total. The van der Waals surface area contributed by atoms with E-state index in [1.54, 1.807) is 23.5 Å². The average Bonchev–Trinajstić information content (AvgIpc) is 3.18. The fourth-order valence-electron chi connectivity index (χ4n) is 3.20. The molecule has 4 aromatic rings. The molecular formula is C26H23NO3S. The summed E-state index contributed by atoms with van der Waals surface area (Å²) in [5.74, 6) is 0.451. The van der Waals surface area contributed by atoms with Gasteiger partial charge in [0, 0.05) is 5.56 Å². The number of methoxy groups -OCH3 is 1. The molecule has 0 aliphatic carbocycles. The first-order valence-corrected chi connectivity index (χ1v) is 10.8. The van der Waals surface area contributed by atoms with Crippen LogP contribution < -0.4 is 4.74 Å². The fraction of sp³-hybridized carbons (Fsp3) is 0.154. The predicted molar refractivity (Wildman–Crippen MR) is 127 cm³/mol. The minimum Gasteiger partial charge on any atom is -0.488 e. The summed E-state index contributed by atoms with van der Waals surface area (Å²) in [4.78, 5) is 16.3. The van der Waals surface area contributed by atoms with Crippen molar-refractivity contribution < 1.29 is 14.3 Å². The smallest absolute Gasteiger partial charge is 0.337 e. The zero-order chi connectivity index (χ0) is 21.8. The number of fused-ring (bicyclic) bond motifs is 1. The van der Waals surface area contributed by atoms with Crippen molar-refractivity contribution in [2.24, 2.45) is 0 Å². The van der Waals surface area contributed by atoms with Gasteiger partial charge in [-0.15, -0.1) is 11.3 Å². The van der Waals surface area contributed by atoms with Crippen molar-refractivity contribution in [1.29, 1.82) is 0 Å². The van der Waals surface area contributed by atoms with Crippen molar-refractivity contribution >= 4 is 39.7 Å². The fourth-order valence-corrected chi connectivity index (χ4v) is 4.15. The van der Waals surface area contributed by atoms with Gasteiger partial charge in [0.2, 0.25) is 0 Å². The Labute approximate surface area is 185 Å². The Kier molecular flexibility index (Phi) is 6.14. The van der Waals surface area contributed by atoms with Gasteiger partial charge in [0.15, 0.2) is 0 Å². The molecule has 5 heteroatoms. The SMILES string of the molecule is COC(=O)c1ccc(COc2ccccc2C=Cc2nc3cc(C)c(C)cc3s2)cc1. The van der Waals surface area contributed by atoms with Crippen LogP contribution in [0.3, 0.4) is 0 Å². The molecule has 0 N–H and O–H groups in total. The van der Waals surface area contributed by atoms with Crippen LogP contribution in [0.5, 0.6) is 5.75 Å². The maximum absolute atomic E-state index is 11.6. The van der Waals surface area contributed by atoms with Gasteiger partial charge in [-0.2, -0.15) is 0 Å². The summed E-state index contributed by atoms with van der Waals surface area (Å²) in [6.07, 6.45) is 4.07. The molecule has 1 heterocycles. The van der Waals surface area contributed by atoms with Crippen molar-refractivity contribution in [2.45, 2.75) is 20.5 Å². The van der Waals surface area contributed by atoms with E-state index in [0.29, 0.717) is 12.2 Å². The third-order valence-electron chi connectivity index (χ3n) is 5.11. The van der Waals surface area contributed by atoms with Crippen LogP contribution in [0, 0.1) is 13.8 Å². The lowest BCUT2D eigenvalue weighted by molar-refractivity contribution is 0.0600. The third kappa shape index (κ3) is 4.84. The molecule has 0 spiro atoms. The van der Waals surface area contributed by atoms with E-state index in [9.17, 15) is 4.79 Å². The minimum absolute atomic E-state index is 0.344. The van der Waals surface area contributed by atoms with Crippen LogP contribution in [-0.2, 0) is 11.3 Å². The van der Waals surface area contributed by atoms with E-state index in [1.807, 2.05) is 48.6 Å². The summed E-state index contributed by atoms with van der Waals surface area (Å²) >= 11 is 1.68. The highest BCUT2D eigenvalue weighted by atomic mass is 32.1. The van der Waals surface area contributed by atoms with Crippen molar-refractivity contribution in [3.63, 3.8) is 0 Å². The highest BCUT2D eigenvalue weighted by molar-refractivity contribution is 7.19. The number of aromatic nitrogens is 1.